The van der Waals surface area contributed by atoms with Crippen molar-refractivity contribution in [2.75, 3.05) is 5.32 Å². The summed E-state index contributed by atoms with van der Waals surface area (Å²) in [5.74, 6) is -0.346. The lowest BCUT2D eigenvalue weighted by atomic mass is 10.0. The number of carbonyl (C=O) groups excluding carboxylic acids is 1. The number of benzene rings is 3. The fraction of sp³-hybridized carbons (Fsp3) is 0. The van der Waals surface area contributed by atoms with Crippen LogP contribution in [-0.2, 0) is 14.8 Å². The fourth-order valence-electron chi connectivity index (χ4n) is 3.71. The number of amides is 1. The number of primary sulfonamides is 1. The molecule has 1 aliphatic rings. The maximum Gasteiger partial charge on any atom is 0.256 e. The molecule has 3 N–H and O–H groups in total. The molecule has 1 aliphatic heterocycles. The van der Waals surface area contributed by atoms with Crippen molar-refractivity contribution in [2.24, 2.45) is 5.14 Å². The van der Waals surface area contributed by atoms with E-state index >= 15 is 0 Å². The van der Waals surface area contributed by atoms with E-state index in [0.717, 1.165) is 11.3 Å². The zero-order valence-electron chi connectivity index (χ0n) is 17.1. The number of nitrogens with two attached hydrogens (primary N) is 1. The van der Waals surface area contributed by atoms with Crippen molar-refractivity contribution >= 4 is 44.9 Å². The highest BCUT2D eigenvalue weighted by Gasteiger charge is 2.27. The van der Waals surface area contributed by atoms with E-state index in [1.54, 1.807) is 22.9 Å². The number of carbonyl (C=O) groups is 1. The van der Waals surface area contributed by atoms with Gasteiger partial charge in [-0.25, -0.2) is 18.2 Å². The Kier molecular flexibility index (Phi) is 5.13. The lowest BCUT2D eigenvalue weighted by Gasteiger charge is -2.03. The maximum absolute atomic E-state index is 12.8. The summed E-state index contributed by atoms with van der Waals surface area (Å²) in [6.07, 6.45) is 3.50. The van der Waals surface area contributed by atoms with Crippen LogP contribution in [0.25, 0.3) is 28.6 Å². The van der Waals surface area contributed by atoms with Crippen LogP contribution in [0.2, 0.25) is 5.02 Å². The maximum atomic E-state index is 12.8. The molecule has 1 aromatic heterocycles. The third-order valence-electron chi connectivity index (χ3n) is 5.26. The molecule has 0 bridgehead atoms. The monoisotopic (exact) mass is 476 g/mol. The third-order valence-corrected chi connectivity index (χ3v) is 6.41. The van der Waals surface area contributed by atoms with Gasteiger partial charge in [-0.2, -0.15) is 5.10 Å². The van der Waals surface area contributed by atoms with E-state index in [9.17, 15) is 13.2 Å². The van der Waals surface area contributed by atoms with Crippen LogP contribution in [0.4, 0.5) is 5.69 Å². The summed E-state index contributed by atoms with van der Waals surface area (Å²) in [7, 11) is -3.92. The first-order chi connectivity index (χ1) is 15.8. The highest BCUT2D eigenvalue weighted by atomic mass is 35.5. The standard InChI is InChI=1S/C24H17ClN4O3S/c25-17-6-4-5-15(11-17)23-16(14-29(28-23)18-7-2-1-3-8-18)12-21-20-13-19(33(26,31)32)9-10-22(20)27-24(21)30/h1-14H,(H,27,30)(H2,26,31,32). The van der Waals surface area contributed by atoms with E-state index in [2.05, 4.69) is 5.32 Å². The second-order valence-electron chi connectivity index (χ2n) is 7.49. The lowest BCUT2D eigenvalue weighted by molar-refractivity contribution is -0.110. The molecule has 0 atom stereocenters. The van der Waals surface area contributed by atoms with Crippen LogP contribution in [0.1, 0.15) is 11.1 Å². The predicted octanol–water partition coefficient (Wildman–Crippen LogP) is 4.33. The number of nitrogens with zero attached hydrogens (tertiary/aromatic N) is 2. The van der Waals surface area contributed by atoms with E-state index in [0.29, 0.717) is 33.1 Å². The molecule has 3 aromatic carbocycles. The summed E-state index contributed by atoms with van der Waals surface area (Å²) in [6, 6.07) is 21.1. The average molecular weight is 477 g/mol. The minimum Gasteiger partial charge on any atom is -0.321 e. The zero-order valence-corrected chi connectivity index (χ0v) is 18.6. The first-order valence-corrected chi connectivity index (χ1v) is 11.8. The second-order valence-corrected chi connectivity index (χ2v) is 9.49. The lowest BCUT2D eigenvalue weighted by Crippen LogP contribution is -2.12. The molecule has 33 heavy (non-hydrogen) atoms. The average Bonchev–Trinajstić information content (AvgIpc) is 3.35. The van der Waals surface area contributed by atoms with Gasteiger partial charge in [-0.3, -0.25) is 4.79 Å². The van der Waals surface area contributed by atoms with Crippen LogP contribution in [0.15, 0.2) is 83.9 Å². The van der Waals surface area contributed by atoms with Gasteiger partial charge < -0.3 is 5.32 Å². The number of aromatic nitrogens is 2. The van der Waals surface area contributed by atoms with Gasteiger partial charge in [0.2, 0.25) is 10.0 Å². The molecule has 0 spiro atoms. The molecule has 164 valence electrons. The Hall–Kier alpha value is -3.72. The number of anilines is 1. The van der Waals surface area contributed by atoms with Crippen LogP contribution in [0.3, 0.4) is 0 Å². The highest BCUT2D eigenvalue weighted by Crippen LogP contribution is 2.36. The summed E-state index contributed by atoms with van der Waals surface area (Å²) >= 11 is 6.21. The number of hydrogen-bond acceptors (Lipinski definition) is 4. The molecule has 5 rings (SSSR count). The first-order valence-electron chi connectivity index (χ1n) is 9.91. The molecule has 7 nitrogen and oxygen atoms in total. The Morgan fingerprint density at radius 2 is 1.79 bits per heavy atom. The minimum atomic E-state index is -3.92. The number of fused-ring (bicyclic) bond motifs is 1. The predicted molar refractivity (Wildman–Crippen MR) is 128 cm³/mol. The van der Waals surface area contributed by atoms with E-state index in [-0.39, 0.29) is 10.8 Å². The molecule has 9 heteroatoms. The van der Waals surface area contributed by atoms with Gasteiger partial charge in [0.25, 0.3) is 5.91 Å². The van der Waals surface area contributed by atoms with Crippen LogP contribution < -0.4 is 10.5 Å². The molecule has 0 unspecified atom stereocenters. The summed E-state index contributed by atoms with van der Waals surface area (Å²) in [6.45, 7) is 0. The number of para-hydroxylation sites is 1. The van der Waals surface area contributed by atoms with Crippen molar-refractivity contribution in [3.63, 3.8) is 0 Å². The molecule has 0 saturated heterocycles. The van der Waals surface area contributed by atoms with Gasteiger partial charge in [-0.15, -0.1) is 0 Å². The molecule has 0 saturated carbocycles. The quantitative estimate of drug-likeness (QED) is 0.427. The van der Waals surface area contributed by atoms with Crippen LogP contribution in [0, 0.1) is 0 Å². The fourth-order valence-corrected chi connectivity index (χ4v) is 4.44. The number of nitrogens with one attached hydrogen (secondary N) is 1. The van der Waals surface area contributed by atoms with Gasteiger partial charge >= 0.3 is 0 Å². The Labute approximate surface area is 195 Å². The molecule has 0 fully saturated rings. The molecule has 4 aromatic rings. The Balaban J connectivity index is 1.70. The summed E-state index contributed by atoms with van der Waals surface area (Å²) in [5, 5.41) is 13.3. The van der Waals surface area contributed by atoms with E-state index in [1.165, 1.54) is 18.2 Å². The molecular weight excluding hydrogens is 460 g/mol. The Morgan fingerprint density at radius 3 is 2.52 bits per heavy atom. The van der Waals surface area contributed by atoms with Gasteiger partial charge in [0.1, 0.15) is 5.69 Å². The van der Waals surface area contributed by atoms with Crippen molar-refractivity contribution in [3.8, 4) is 16.9 Å². The van der Waals surface area contributed by atoms with Gasteiger partial charge in [0, 0.05) is 39.2 Å². The molecular formula is C24H17ClN4O3S. The normalized spacial score (nSPS) is 14.4. The van der Waals surface area contributed by atoms with Crippen LogP contribution in [0.5, 0.6) is 0 Å². The smallest absolute Gasteiger partial charge is 0.256 e. The van der Waals surface area contributed by atoms with Crippen molar-refractivity contribution in [2.45, 2.75) is 4.90 Å². The van der Waals surface area contributed by atoms with E-state index in [1.807, 2.05) is 48.7 Å². The third kappa shape index (κ3) is 4.07. The van der Waals surface area contributed by atoms with E-state index < -0.39 is 10.0 Å². The Bertz CT molecular complexity index is 1540. The molecule has 0 aliphatic carbocycles. The highest BCUT2D eigenvalue weighted by molar-refractivity contribution is 7.89. The molecule has 2 heterocycles. The van der Waals surface area contributed by atoms with E-state index in [4.69, 9.17) is 21.8 Å². The van der Waals surface area contributed by atoms with Gasteiger partial charge in [0.05, 0.1) is 10.6 Å². The summed E-state index contributed by atoms with van der Waals surface area (Å²) < 4.78 is 25.4. The summed E-state index contributed by atoms with van der Waals surface area (Å²) in [4.78, 5) is 12.7. The summed E-state index contributed by atoms with van der Waals surface area (Å²) in [5.41, 5.74) is 4.19. The van der Waals surface area contributed by atoms with Crippen LogP contribution >= 0.6 is 11.6 Å². The largest absolute Gasteiger partial charge is 0.321 e. The number of sulfonamides is 1. The molecule has 0 radical (unpaired) electrons. The van der Waals surface area contributed by atoms with Crippen LogP contribution in [-0.4, -0.2) is 24.1 Å². The van der Waals surface area contributed by atoms with Gasteiger partial charge in [-0.05, 0) is 48.5 Å². The number of halogens is 1. The van der Waals surface area contributed by atoms with Crippen molar-refractivity contribution in [1.82, 2.24) is 9.78 Å². The minimum absolute atomic E-state index is 0.0707. The first kappa shape index (κ1) is 21.1. The van der Waals surface area contributed by atoms with Crippen molar-refractivity contribution in [1.29, 1.82) is 0 Å². The SMILES string of the molecule is NS(=O)(=O)c1ccc2c(c1)C(=Cc1cn(-c3ccccc3)nc1-c1cccc(Cl)c1)C(=O)N2. The zero-order chi connectivity index (χ0) is 23.2. The van der Waals surface area contributed by atoms with Crippen molar-refractivity contribution < 1.29 is 13.2 Å². The number of hydrogen-bond donors (Lipinski definition) is 2. The second kappa shape index (κ2) is 8.00. The topological polar surface area (TPSA) is 107 Å². The molecule has 1 amide bonds. The van der Waals surface area contributed by atoms with Crippen molar-refractivity contribution in [3.05, 3.63) is 95.1 Å². The van der Waals surface area contributed by atoms with Gasteiger partial charge in [0.15, 0.2) is 0 Å². The van der Waals surface area contributed by atoms with Gasteiger partial charge in [-0.1, -0.05) is 41.9 Å². The number of rotatable bonds is 4. The Morgan fingerprint density at radius 1 is 1.00 bits per heavy atom.